The van der Waals surface area contributed by atoms with Crippen molar-refractivity contribution in [3.05, 3.63) is 83.0 Å². The van der Waals surface area contributed by atoms with Gasteiger partial charge in [0.1, 0.15) is 4.32 Å². The van der Waals surface area contributed by atoms with Crippen molar-refractivity contribution < 1.29 is 4.79 Å². The number of amides is 1. The van der Waals surface area contributed by atoms with E-state index in [4.69, 9.17) is 12.2 Å². The van der Waals surface area contributed by atoms with Gasteiger partial charge in [0, 0.05) is 23.3 Å². The number of hydrogen-bond acceptors (Lipinski definition) is 3. The summed E-state index contributed by atoms with van der Waals surface area (Å²) in [5.74, 6) is -0.0511. The minimum atomic E-state index is -0.0511. The summed E-state index contributed by atoms with van der Waals surface area (Å²) in [4.78, 5) is 14.9. The van der Waals surface area contributed by atoms with Crippen molar-refractivity contribution in [2.24, 2.45) is 0 Å². The number of hydrogen-bond donors (Lipinski definition) is 0. The maximum Gasteiger partial charge on any atom is 0.266 e. The van der Waals surface area contributed by atoms with Gasteiger partial charge in [-0.15, -0.1) is 6.58 Å². The van der Waals surface area contributed by atoms with Crippen LogP contribution < -0.4 is 0 Å². The summed E-state index contributed by atoms with van der Waals surface area (Å²) >= 11 is 6.69. The van der Waals surface area contributed by atoms with Gasteiger partial charge in [-0.05, 0) is 43.0 Å². The highest BCUT2D eigenvalue weighted by atomic mass is 32.2. The molecule has 0 saturated carbocycles. The SMILES string of the molecule is C=CCN1C(=O)/C(=C/c2cc(C)n(-c3cccc4ccccc34)c2C)SC1=S. The van der Waals surface area contributed by atoms with Crippen molar-refractivity contribution >= 4 is 51.1 Å². The number of thioether (sulfide) groups is 1. The van der Waals surface area contributed by atoms with E-state index in [1.54, 1.807) is 11.0 Å². The van der Waals surface area contributed by atoms with Crippen LogP contribution in [0.25, 0.3) is 22.5 Å². The van der Waals surface area contributed by atoms with Crippen LogP contribution in [0.3, 0.4) is 0 Å². The molecule has 1 aliphatic heterocycles. The number of carbonyl (C=O) groups excluding carboxylic acids is 1. The number of rotatable bonds is 4. The Bertz CT molecular complexity index is 1150. The van der Waals surface area contributed by atoms with Crippen molar-refractivity contribution in [1.29, 1.82) is 0 Å². The van der Waals surface area contributed by atoms with Gasteiger partial charge in [-0.1, -0.05) is 66.5 Å². The summed E-state index contributed by atoms with van der Waals surface area (Å²) in [6, 6.07) is 16.8. The molecule has 3 nitrogen and oxygen atoms in total. The fraction of sp³-hybridized carbons (Fsp3) is 0.130. The maximum atomic E-state index is 12.7. The van der Waals surface area contributed by atoms with Crippen molar-refractivity contribution in [1.82, 2.24) is 9.47 Å². The predicted molar refractivity (Wildman–Crippen MR) is 123 cm³/mol. The molecule has 1 fully saturated rings. The molecule has 2 aromatic carbocycles. The molecule has 0 aliphatic carbocycles. The fourth-order valence-corrected chi connectivity index (χ4v) is 4.90. The van der Waals surface area contributed by atoms with Crippen LogP contribution in [-0.2, 0) is 4.79 Å². The van der Waals surface area contributed by atoms with Gasteiger partial charge in [0.25, 0.3) is 5.91 Å². The van der Waals surface area contributed by atoms with E-state index in [1.165, 1.54) is 22.5 Å². The molecule has 3 aromatic rings. The number of benzene rings is 2. The topological polar surface area (TPSA) is 25.2 Å². The lowest BCUT2D eigenvalue weighted by Crippen LogP contribution is -2.27. The van der Waals surface area contributed by atoms with Gasteiger partial charge in [-0.3, -0.25) is 9.69 Å². The van der Waals surface area contributed by atoms with Gasteiger partial charge < -0.3 is 4.57 Å². The quantitative estimate of drug-likeness (QED) is 0.320. The zero-order valence-corrected chi connectivity index (χ0v) is 17.4. The summed E-state index contributed by atoms with van der Waals surface area (Å²) < 4.78 is 2.83. The molecule has 1 aromatic heterocycles. The molecule has 5 heteroatoms. The standard InChI is InChI=1S/C23H20N2OS2/c1-4-12-24-22(26)21(28-23(24)27)14-18-13-15(2)25(16(18)3)20-11-7-9-17-8-5-6-10-19(17)20/h4-11,13-14H,1,12H2,2-3H3/b21-14-. The van der Waals surface area contributed by atoms with Gasteiger partial charge in [0.05, 0.1) is 10.6 Å². The number of nitrogens with zero attached hydrogens (tertiary/aromatic N) is 2. The molecule has 0 bridgehead atoms. The number of fused-ring (bicyclic) bond motifs is 1. The Hall–Kier alpha value is -2.63. The van der Waals surface area contributed by atoms with Crippen molar-refractivity contribution in [3.63, 3.8) is 0 Å². The lowest BCUT2D eigenvalue weighted by atomic mass is 10.1. The lowest BCUT2D eigenvalue weighted by molar-refractivity contribution is -0.121. The third kappa shape index (κ3) is 3.11. The van der Waals surface area contributed by atoms with E-state index in [0.717, 1.165) is 22.6 Å². The predicted octanol–water partition coefficient (Wildman–Crippen LogP) is 5.63. The highest BCUT2D eigenvalue weighted by Gasteiger charge is 2.31. The number of carbonyl (C=O) groups is 1. The first kappa shape index (κ1) is 18.7. The fourth-order valence-electron chi connectivity index (χ4n) is 3.64. The molecular weight excluding hydrogens is 384 g/mol. The largest absolute Gasteiger partial charge is 0.317 e. The normalized spacial score (nSPS) is 15.8. The van der Waals surface area contributed by atoms with Gasteiger partial charge in [0.2, 0.25) is 0 Å². The van der Waals surface area contributed by atoms with Crippen LogP contribution in [0.5, 0.6) is 0 Å². The maximum absolute atomic E-state index is 12.7. The Morgan fingerprint density at radius 3 is 2.68 bits per heavy atom. The molecular formula is C23H20N2OS2. The third-order valence-electron chi connectivity index (χ3n) is 4.95. The summed E-state index contributed by atoms with van der Waals surface area (Å²) in [6.07, 6.45) is 3.65. The molecule has 140 valence electrons. The minimum Gasteiger partial charge on any atom is -0.317 e. The first-order valence-corrected chi connectivity index (χ1v) is 10.3. The second-order valence-corrected chi connectivity index (χ2v) is 8.42. The molecule has 4 rings (SSSR count). The van der Waals surface area contributed by atoms with Gasteiger partial charge in [0.15, 0.2) is 0 Å². The van der Waals surface area contributed by atoms with Gasteiger partial charge in [-0.25, -0.2) is 0 Å². The molecule has 1 amide bonds. The van der Waals surface area contributed by atoms with E-state index >= 15 is 0 Å². The van der Waals surface area contributed by atoms with Crippen molar-refractivity contribution in [2.45, 2.75) is 13.8 Å². The van der Waals surface area contributed by atoms with Crippen LogP contribution in [0.1, 0.15) is 17.0 Å². The third-order valence-corrected chi connectivity index (χ3v) is 6.33. The van der Waals surface area contributed by atoms with Crippen LogP contribution in [-0.4, -0.2) is 26.2 Å². The summed E-state index contributed by atoms with van der Waals surface area (Å²) in [5, 5.41) is 2.41. The average Bonchev–Trinajstić information content (AvgIpc) is 3.11. The van der Waals surface area contributed by atoms with Crippen molar-refractivity contribution in [2.75, 3.05) is 6.54 Å². The van der Waals surface area contributed by atoms with Crippen LogP contribution in [0.4, 0.5) is 0 Å². The highest BCUT2D eigenvalue weighted by Crippen LogP contribution is 2.34. The Morgan fingerprint density at radius 1 is 1.14 bits per heavy atom. The van der Waals surface area contributed by atoms with E-state index < -0.39 is 0 Å². The van der Waals surface area contributed by atoms with E-state index in [9.17, 15) is 4.79 Å². The van der Waals surface area contributed by atoms with Crippen molar-refractivity contribution in [3.8, 4) is 5.69 Å². The van der Waals surface area contributed by atoms with Gasteiger partial charge in [-0.2, -0.15) is 0 Å². The Labute approximate surface area is 174 Å². The zero-order chi connectivity index (χ0) is 19.8. The van der Waals surface area contributed by atoms with E-state index in [-0.39, 0.29) is 5.91 Å². The van der Waals surface area contributed by atoms with E-state index in [0.29, 0.717) is 15.8 Å². The summed E-state index contributed by atoms with van der Waals surface area (Å²) in [6.45, 7) is 8.33. The van der Waals surface area contributed by atoms with E-state index in [1.807, 2.05) is 6.08 Å². The minimum absolute atomic E-state index is 0.0511. The first-order chi connectivity index (χ1) is 13.5. The van der Waals surface area contributed by atoms with Crippen LogP contribution in [0.15, 0.2) is 66.1 Å². The molecule has 1 aliphatic rings. The second kappa shape index (κ2) is 7.41. The van der Waals surface area contributed by atoms with Crippen LogP contribution >= 0.6 is 24.0 Å². The molecule has 0 atom stereocenters. The Balaban J connectivity index is 1.80. The number of aromatic nitrogens is 1. The number of aryl methyl sites for hydroxylation is 1. The van der Waals surface area contributed by atoms with E-state index in [2.05, 4.69) is 73.5 Å². The zero-order valence-electron chi connectivity index (χ0n) is 15.8. The monoisotopic (exact) mass is 404 g/mol. The Kier molecular flexibility index (Phi) is 4.96. The first-order valence-electron chi connectivity index (χ1n) is 9.04. The summed E-state index contributed by atoms with van der Waals surface area (Å²) in [5.41, 5.74) is 4.40. The smallest absolute Gasteiger partial charge is 0.266 e. The lowest BCUT2D eigenvalue weighted by Gasteiger charge is -2.13. The molecule has 0 radical (unpaired) electrons. The van der Waals surface area contributed by atoms with Crippen LogP contribution in [0, 0.1) is 13.8 Å². The second-order valence-electron chi connectivity index (χ2n) is 6.74. The highest BCUT2D eigenvalue weighted by molar-refractivity contribution is 8.26. The summed E-state index contributed by atoms with van der Waals surface area (Å²) in [7, 11) is 0. The molecule has 0 unspecified atom stereocenters. The molecule has 0 spiro atoms. The molecule has 28 heavy (non-hydrogen) atoms. The molecule has 1 saturated heterocycles. The Morgan fingerprint density at radius 2 is 1.89 bits per heavy atom. The average molecular weight is 405 g/mol. The molecule has 0 N–H and O–H groups in total. The molecule has 2 heterocycles. The van der Waals surface area contributed by atoms with Crippen LogP contribution in [0.2, 0.25) is 0 Å². The van der Waals surface area contributed by atoms with Gasteiger partial charge >= 0.3 is 0 Å². The number of thiocarbonyl (C=S) groups is 1.